The predicted octanol–water partition coefficient (Wildman–Crippen LogP) is 4.86. The molecule has 0 atom stereocenters. The van der Waals surface area contributed by atoms with E-state index >= 15 is 0 Å². The second-order valence-electron chi connectivity index (χ2n) is 7.64. The van der Waals surface area contributed by atoms with Gasteiger partial charge in [-0.1, -0.05) is 12.1 Å². The molecule has 0 bridgehead atoms. The first-order valence-electron chi connectivity index (χ1n) is 10.3. The molecule has 0 saturated carbocycles. The third-order valence-electron chi connectivity index (χ3n) is 5.29. The van der Waals surface area contributed by atoms with E-state index in [-0.39, 0.29) is 5.56 Å². The van der Waals surface area contributed by atoms with Gasteiger partial charge in [-0.25, -0.2) is 15.0 Å². The summed E-state index contributed by atoms with van der Waals surface area (Å²) in [5.74, 6) is 0.363. The van der Waals surface area contributed by atoms with Gasteiger partial charge in [0.1, 0.15) is 6.33 Å². The largest absolute Gasteiger partial charge is 0.416 e. The SMILES string of the molecule is Cc1ccc(NC(=O)c2cccc(C(F)(F)F)c2)cc1Nc1nccn1-c1ncnc2[nH]ncc12. The van der Waals surface area contributed by atoms with Crippen LogP contribution in [0.25, 0.3) is 16.9 Å². The molecule has 35 heavy (non-hydrogen) atoms. The maximum atomic E-state index is 13.0. The molecule has 1 amide bonds. The van der Waals surface area contributed by atoms with Crippen LogP contribution in [0.1, 0.15) is 21.5 Å². The van der Waals surface area contributed by atoms with Crippen molar-refractivity contribution in [1.29, 1.82) is 0 Å². The van der Waals surface area contributed by atoms with E-state index in [1.54, 1.807) is 41.4 Å². The molecule has 3 aromatic heterocycles. The number of aryl methyl sites for hydroxylation is 1. The average molecular weight is 478 g/mol. The summed E-state index contributed by atoms with van der Waals surface area (Å²) in [6.07, 6.45) is 1.82. The predicted molar refractivity (Wildman–Crippen MR) is 123 cm³/mol. The molecule has 0 unspecified atom stereocenters. The van der Waals surface area contributed by atoms with Crippen LogP contribution in [-0.2, 0) is 6.18 Å². The van der Waals surface area contributed by atoms with E-state index in [4.69, 9.17) is 0 Å². The Hall–Kier alpha value is -4.74. The number of aromatic nitrogens is 6. The van der Waals surface area contributed by atoms with E-state index < -0.39 is 17.6 Å². The maximum absolute atomic E-state index is 13.0. The summed E-state index contributed by atoms with van der Waals surface area (Å²) in [7, 11) is 0. The van der Waals surface area contributed by atoms with Crippen molar-refractivity contribution >= 4 is 34.3 Å². The summed E-state index contributed by atoms with van der Waals surface area (Å²) in [5.41, 5.74) is 1.48. The summed E-state index contributed by atoms with van der Waals surface area (Å²) < 4.78 is 40.7. The number of hydrogen-bond donors (Lipinski definition) is 3. The number of amides is 1. The summed E-state index contributed by atoms with van der Waals surface area (Å²) in [6.45, 7) is 1.87. The van der Waals surface area contributed by atoms with Gasteiger partial charge in [0, 0.05) is 29.3 Å². The van der Waals surface area contributed by atoms with Crippen LogP contribution in [0.5, 0.6) is 0 Å². The van der Waals surface area contributed by atoms with Crippen LogP contribution in [0.3, 0.4) is 0 Å². The molecule has 0 radical (unpaired) electrons. The normalized spacial score (nSPS) is 11.5. The number of H-pyrrole nitrogens is 1. The molecule has 5 aromatic rings. The van der Waals surface area contributed by atoms with Crippen molar-refractivity contribution in [2.75, 3.05) is 10.6 Å². The molecule has 176 valence electrons. The Labute approximate surface area is 196 Å². The highest BCUT2D eigenvalue weighted by atomic mass is 19.4. The van der Waals surface area contributed by atoms with Crippen molar-refractivity contribution in [3.05, 3.63) is 84.1 Å². The molecule has 12 heteroatoms. The highest BCUT2D eigenvalue weighted by Crippen LogP contribution is 2.30. The van der Waals surface area contributed by atoms with E-state index in [9.17, 15) is 18.0 Å². The second kappa shape index (κ2) is 8.56. The van der Waals surface area contributed by atoms with Gasteiger partial charge in [0.2, 0.25) is 5.95 Å². The summed E-state index contributed by atoms with van der Waals surface area (Å²) in [6, 6.07) is 9.37. The fourth-order valence-corrected chi connectivity index (χ4v) is 3.51. The lowest BCUT2D eigenvalue weighted by Crippen LogP contribution is -2.14. The molecular formula is C23H17F3N8O. The van der Waals surface area contributed by atoms with Crippen molar-refractivity contribution in [2.45, 2.75) is 13.1 Å². The molecule has 0 saturated heterocycles. The topological polar surface area (TPSA) is 113 Å². The molecule has 0 aliphatic heterocycles. The van der Waals surface area contributed by atoms with Crippen LogP contribution in [0.15, 0.2) is 67.4 Å². The molecule has 9 nitrogen and oxygen atoms in total. The lowest BCUT2D eigenvalue weighted by Gasteiger charge is -2.14. The van der Waals surface area contributed by atoms with E-state index in [1.165, 1.54) is 18.5 Å². The monoisotopic (exact) mass is 478 g/mol. The Morgan fingerprint density at radius 2 is 1.94 bits per heavy atom. The Bertz CT molecular complexity index is 1540. The standard InChI is InChI=1S/C23H17F3N8O/c1-13-5-6-16(31-21(35)14-3-2-4-15(9-14)23(24,25)26)10-18(13)32-22-27-7-8-34(22)20-17-11-30-33-19(17)28-12-29-20/h2-12H,1H3,(H,27,32)(H,31,35)(H,28,29,30,33). The number of carbonyl (C=O) groups excluding carboxylic acids is 1. The number of nitrogens with zero attached hydrogens (tertiary/aromatic N) is 5. The van der Waals surface area contributed by atoms with E-state index in [1.807, 2.05) is 6.92 Å². The van der Waals surface area contributed by atoms with E-state index in [0.29, 0.717) is 34.2 Å². The van der Waals surface area contributed by atoms with E-state index in [2.05, 4.69) is 35.8 Å². The second-order valence-corrected chi connectivity index (χ2v) is 7.64. The number of imidazole rings is 1. The molecule has 5 rings (SSSR count). The lowest BCUT2D eigenvalue weighted by atomic mass is 10.1. The number of carbonyl (C=O) groups is 1. The first-order valence-corrected chi connectivity index (χ1v) is 10.3. The Kier molecular flexibility index (Phi) is 5.40. The molecule has 0 aliphatic carbocycles. The van der Waals surface area contributed by atoms with Crippen LogP contribution < -0.4 is 10.6 Å². The highest BCUT2D eigenvalue weighted by Gasteiger charge is 2.30. The number of nitrogens with one attached hydrogen (secondary N) is 3. The lowest BCUT2D eigenvalue weighted by molar-refractivity contribution is -0.137. The number of hydrogen-bond acceptors (Lipinski definition) is 6. The van der Waals surface area contributed by atoms with Crippen molar-refractivity contribution in [3.8, 4) is 5.82 Å². The van der Waals surface area contributed by atoms with Gasteiger partial charge in [-0.15, -0.1) is 0 Å². The first-order chi connectivity index (χ1) is 16.8. The maximum Gasteiger partial charge on any atom is 0.416 e. The quantitative estimate of drug-likeness (QED) is 0.332. The number of fused-ring (bicyclic) bond motifs is 1. The minimum Gasteiger partial charge on any atom is -0.325 e. The zero-order valence-electron chi connectivity index (χ0n) is 18.1. The van der Waals surface area contributed by atoms with Crippen LogP contribution in [0.4, 0.5) is 30.5 Å². The van der Waals surface area contributed by atoms with Crippen LogP contribution >= 0.6 is 0 Å². The number of aromatic amines is 1. The number of alkyl halides is 3. The molecule has 3 heterocycles. The van der Waals surface area contributed by atoms with Gasteiger partial charge in [0.25, 0.3) is 5.91 Å². The summed E-state index contributed by atoms with van der Waals surface area (Å²) in [5, 5.41) is 13.4. The summed E-state index contributed by atoms with van der Waals surface area (Å²) in [4.78, 5) is 25.4. The Morgan fingerprint density at radius 3 is 2.77 bits per heavy atom. The number of benzene rings is 2. The molecule has 0 fully saturated rings. The van der Waals surface area contributed by atoms with Crippen LogP contribution in [0.2, 0.25) is 0 Å². The zero-order chi connectivity index (χ0) is 24.6. The van der Waals surface area contributed by atoms with Gasteiger partial charge in [-0.2, -0.15) is 18.3 Å². The van der Waals surface area contributed by atoms with Crippen molar-refractivity contribution < 1.29 is 18.0 Å². The first kappa shape index (κ1) is 22.1. The minimum atomic E-state index is -4.54. The molecular weight excluding hydrogens is 461 g/mol. The molecule has 2 aromatic carbocycles. The fraction of sp³-hybridized carbons (Fsp3) is 0.0870. The average Bonchev–Trinajstić information content (AvgIpc) is 3.50. The highest BCUT2D eigenvalue weighted by molar-refractivity contribution is 6.04. The third-order valence-corrected chi connectivity index (χ3v) is 5.29. The Balaban J connectivity index is 1.41. The van der Waals surface area contributed by atoms with Gasteiger partial charge < -0.3 is 10.6 Å². The van der Waals surface area contributed by atoms with Crippen molar-refractivity contribution in [1.82, 2.24) is 29.7 Å². The fourth-order valence-electron chi connectivity index (χ4n) is 3.51. The van der Waals surface area contributed by atoms with Gasteiger partial charge in [0.15, 0.2) is 11.5 Å². The van der Waals surface area contributed by atoms with Gasteiger partial charge in [-0.05, 0) is 42.8 Å². The van der Waals surface area contributed by atoms with Gasteiger partial charge in [-0.3, -0.25) is 14.5 Å². The molecule has 0 spiro atoms. The van der Waals surface area contributed by atoms with E-state index in [0.717, 1.165) is 17.7 Å². The molecule has 0 aliphatic rings. The smallest absolute Gasteiger partial charge is 0.325 e. The Morgan fingerprint density at radius 1 is 1.09 bits per heavy atom. The van der Waals surface area contributed by atoms with Crippen molar-refractivity contribution in [2.24, 2.45) is 0 Å². The van der Waals surface area contributed by atoms with Gasteiger partial charge >= 0.3 is 6.18 Å². The number of halogens is 3. The zero-order valence-corrected chi connectivity index (χ0v) is 18.1. The van der Waals surface area contributed by atoms with Crippen LogP contribution in [0, 0.1) is 6.92 Å². The third kappa shape index (κ3) is 4.40. The van der Waals surface area contributed by atoms with Gasteiger partial charge in [0.05, 0.1) is 17.1 Å². The van der Waals surface area contributed by atoms with Crippen molar-refractivity contribution in [3.63, 3.8) is 0 Å². The van der Waals surface area contributed by atoms with Crippen LogP contribution in [-0.4, -0.2) is 35.6 Å². The molecule has 3 N–H and O–H groups in total. The number of anilines is 3. The summed E-state index contributed by atoms with van der Waals surface area (Å²) >= 11 is 0. The number of rotatable bonds is 5. The minimum absolute atomic E-state index is 0.0988.